The first-order valence-electron chi connectivity index (χ1n) is 9.99. The second kappa shape index (κ2) is 9.10. The number of ether oxygens (including phenoxy) is 1. The smallest absolute Gasteiger partial charge is 0.322 e. The fourth-order valence-electron chi connectivity index (χ4n) is 3.48. The summed E-state index contributed by atoms with van der Waals surface area (Å²) in [6.07, 6.45) is 0. The minimum atomic E-state index is -0.590. The number of carbonyl (C=O) groups is 2. The summed E-state index contributed by atoms with van der Waals surface area (Å²) >= 11 is 5.97. The van der Waals surface area contributed by atoms with Gasteiger partial charge in [-0.3, -0.25) is 4.79 Å². The number of nitrogens with one attached hydrogen (secondary N) is 1. The first kappa shape index (κ1) is 20.8. The highest BCUT2D eigenvalue weighted by Crippen LogP contribution is 2.26. The average Bonchev–Trinajstić information content (AvgIpc) is 2.77. The van der Waals surface area contributed by atoms with Crippen molar-refractivity contribution in [3.05, 3.63) is 83.9 Å². The summed E-state index contributed by atoms with van der Waals surface area (Å²) in [4.78, 5) is 28.9. The Morgan fingerprint density at radius 2 is 1.68 bits per heavy atom. The number of nitrogens with zero attached hydrogens (tertiary/aromatic N) is 2. The summed E-state index contributed by atoms with van der Waals surface area (Å²) in [5.74, 6) is 1.30. The van der Waals surface area contributed by atoms with Gasteiger partial charge in [0.15, 0.2) is 0 Å². The highest BCUT2D eigenvalue weighted by Gasteiger charge is 2.35. The van der Waals surface area contributed by atoms with Crippen molar-refractivity contribution in [2.45, 2.75) is 13.0 Å². The van der Waals surface area contributed by atoms with E-state index >= 15 is 0 Å². The Morgan fingerprint density at radius 3 is 2.39 bits per heavy atom. The number of halogens is 1. The molecule has 4 rings (SSSR count). The third kappa shape index (κ3) is 4.81. The molecule has 1 fully saturated rings. The van der Waals surface area contributed by atoms with E-state index in [4.69, 9.17) is 16.3 Å². The molecule has 1 heterocycles. The normalized spacial score (nSPS) is 16.2. The monoisotopic (exact) mass is 435 g/mol. The molecule has 0 spiro atoms. The van der Waals surface area contributed by atoms with Crippen LogP contribution < -0.4 is 15.0 Å². The first-order chi connectivity index (χ1) is 15.0. The first-order valence-corrected chi connectivity index (χ1v) is 10.4. The summed E-state index contributed by atoms with van der Waals surface area (Å²) in [6, 6.07) is 22.9. The van der Waals surface area contributed by atoms with Gasteiger partial charge >= 0.3 is 6.03 Å². The van der Waals surface area contributed by atoms with Crippen LogP contribution in [0.3, 0.4) is 0 Å². The number of para-hydroxylation sites is 1. The Bertz CT molecular complexity index is 1070. The second-order valence-electron chi connectivity index (χ2n) is 7.21. The SMILES string of the molecule is C[C@@H]1C(=O)N(c2ccc(Oc3ccccc3)cc2)CCN1C(=O)Nc1cccc(Cl)c1. The molecule has 0 aliphatic carbocycles. The standard InChI is InChI=1S/C24H22ClN3O3/c1-17-23(29)28(15-14-27(17)24(30)26-19-7-5-6-18(25)16-19)20-10-12-22(13-11-20)31-21-8-3-2-4-9-21/h2-13,16-17H,14-15H2,1H3,(H,26,30)/t17-/m1/s1. The Labute approximate surface area is 186 Å². The van der Waals surface area contributed by atoms with Crippen LogP contribution in [0.2, 0.25) is 5.02 Å². The van der Waals surface area contributed by atoms with Gasteiger partial charge in [-0.1, -0.05) is 35.9 Å². The van der Waals surface area contributed by atoms with E-state index in [1.807, 2.05) is 54.6 Å². The van der Waals surface area contributed by atoms with Crippen LogP contribution in [0.5, 0.6) is 11.5 Å². The Balaban J connectivity index is 1.40. The van der Waals surface area contributed by atoms with E-state index in [1.54, 1.807) is 36.1 Å². The number of piperazine rings is 1. The zero-order chi connectivity index (χ0) is 21.8. The van der Waals surface area contributed by atoms with Crippen LogP contribution in [0.25, 0.3) is 0 Å². The molecule has 0 bridgehead atoms. The molecule has 3 aromatic rings. The van der Waals surface area contributed by atoms with Crippen molar-refractivity contribution in [2.75, 3.05) is 23.3 Å². The quantitative estimate of drug-likeness (QED) is 0.596. The summed E-state index contributed by atoms with van der Waals surface area (Å²) in [5, 5.41) is 3.34. The topological polar surface area (TPSA) is 61.9 Å². The van der Waals surface area contributed by atoms with Gasteiger partial charge in [-0.15, -0.1) is 0 Å². The molecule has 1 aliphatic rings. The second-order valence-corrected chi connectivity index (χ2v) is 7.65. The fraction of sp³-hybridized carbons (Fsp3) is 0.167. The number of benzene rings is 3. The van der Waals surface area contributed by atoms with E-state index < -0.39 is 6.04 Å². The number of anilines is 2. The molecular formula is C24H22ClN3O3. The van der Waals surface area contributed by atoms with Crippen molar-refractivity contribution in [2.24, 2.45) is 0 Å². The summed E-state index contributed by atoms with van der Waals surface area (Å²) in [6.45, 7) is 2.56. The molecule has 7 heteroatoms. The van der Waals surface area contributed by atoms with Crippen molar-refractivity contribution >= 4 is 34.9 Å². The molecule has 0 saturated carbocycles. The van der Waals surface area contributed by atoms with Gasteiger partial charge in [0.1, 0.15) is 17.5 Å². The molecule has 0 radical (unpaired) electrons. The molecule has 1 saturated heterocycles. The highest BCUT2D eigenvalue weighted by molar-refractivity contribution is 6.30. The minimum Gasteiger partial charge on any atom is -0.457 e. The number of rotatable bonds is 4. The molecule has 3 aromatic carbocycles. The molecule has 158 valence electrons. The van der Waals surface area contributed by atoms with Gasteiger partial charge in [0, 0.05) is 29.5 Å². The average molecular weight is 436 g/mol. The van der Waals surface area contributed by atoms with Crippen LogP contribution >= 0.6 is 11.6 Å². The fourth-order valence-corrected chi connectivity index (χ4v) is 3.67. The zero-order valence-corrected chi connectivity index (χ0v) is 17.8. The summed E-state index contributed by atoms with van der Waals surface area (Å²) in [7, 11) is 0. The summed E-state index contributed by atoms with van der Waals surface area (Å²) < 4.78 is 5.81. The third-order valence-corrected chi connectivity index (χ3v) is 5.35. The maximum absolute atomic E-state index is 13.0. The molecule has 1 aliphatic heterocycles. The predicted molar refractivity (Wildman–Crippen MR) is 122 cm³/mol. The number of hydrogen-bond donors (Lipinski definition) is 1. The lowest BCUT2D eigenvalue weighted by atomic mass is 10.1. The molecular weight excluding hydrogens is 414 g/mol. The highest BCUT2D eigenvalue weighted by atomic mass is 35.5. The van der Waals surface area contributed by atoms with Gasteiger partial charge in [0.25, 0.3) is 0 Å². The van der Waals surface area contributed by atoms with Crippen LogP contribution in [0.15, 0.2) is 78.9 Å². The maximum Gasteiger partial charge on any atom is 0.322 e. The summed E-state index contributed by atoms with van der Waals surface area (Å²) in [5.41, 5.74) is 1.36. The van der Waals surface area contributed by atoms with Crippen molar-refractivity contribution in [3.63, 3.8) is 0 Å². The largest absolute Gasteiger partial charge is 0.457 e. The minimum absolute atomic E-state index is 0.135. The van der Waals surface area contributed by atoms with Gasteiger partial charge in [-0.2, -0.15) is 0 Å². The third-order valence-electron chi connectivity index (χ3n) is 5.12. The maximum atomic E-state index is 13.0. The molecule has 31 heavy (non-hydrogen) atoms. The van der Waals surface area contributed by atoms with Crippen molar-refractivity contribution < 1.29 is 14.3 Å². The number of carbonyl (C=O) groups excluding carboxylic acids is 2. The molecule has 6 nitrogen and oxygen atoms in total. The lowest BCUT2D eigenvalue weighted by Crippen LogP contribution is -2.58. The van der Waals surface area contributed by atoms with E-state index in [2.05, 4.69) is 5.32 Å². The van der Waals surface area contributed by atoms with Crippen LogP contribution in [-0.4, -0.2) is 36.0 Å². The Morgan fingerprint density at radius 1 is 0.968 bits per heavy atom. The number of urea groups is 1. The van der Waals surface area contributed by atoms with E-state index in [0.29, 0.717) is 29.5 Å². The van der Waals surface area contributed by atoms with Gasteiger partial charge in [0.2, 0.25) is 5.91 Å². The van der Waals surface area contributed by atoms with Crippen LogP contribution in [0.1, 0.15) is 6.92 Å². The van der Waals surface area contributed by atoms with Gasteiger partial charge in [0.05, 0.1) is 0 Å². The molecule has 3 amide bonds. The van der Waals surface area contributed by atoms with Gasteiger partial charge < -0.3 is 19.9 Å². The number of hydrogen-bond acceptors (Lipinski definition) is 3. The van der Waals surface area contributed by atoms with E-state index in [-0.39, 0.29) is 11.9 Å². The molecule has 0 unspecified atom stereocenters. The van der Waals surface area contributed by atoms with Crippen molar-refractivity contribution in [1.29, 1.82) is 0 Å². The molecule has 1 atom stereocenters. The van der Waals surface area contributed by atoms with Crippen molar-refractivity contribution in [1.82, 2.24) is 4.90 Å². The Hall–Kier alpha value is -3.51. The van der Waals surface area contributed by atoms with Crippen LogP contribution in [-0.2, 0) is 4.79 Å². The Kier molecular flexibility index (Phi) is 6.09. The lowest BCUT2D eigenvalue weighted by molar-refractivity contribution is -0.123. The van der Waals surface area contributed by atoms with E-state index in [0.717, 1.165) is 11.4 Å². The number of amides is 3. The van der Waals surface area contributed by atoms with Crippen LogP contribution in [0.4, 0.5) is 16.2 Å². The van der Waals surface area contributed by atoms with Crippen LogP contribution in [0, 0.1) is 0 Å². The van der Waals surface area contributed by atoms with Gasteiger partial charge in [-0.25, -0.2) is 4.79 Å². The predicted octanol–water partition coefficient (Wildman–Crippen LogP) is 5.40. The molecule has 0 aromatic heterocycles. The molecule has 1 N–H and O–H groups in total. The van der Waals surface area contributed by atoms with E-state index in [1.165, 1.54) is 4.90 Å². The van der Waals surface area contributed by atoms with E-state index in [9.17, 15) is 9.59 Å². The zero-order valence-electron chi connectivity index (χ0n) is 17.0. The van der Waals surface area contributed by atoms with Gasteiger partial charge in [-0.05, 0) is 61.5 Å². The lowest BCUT2D eigenvalue weighted by Gasteiger charge is -2.39. The van der Waals surface area contributed by atoms with Crippen molar-refractivity contribution in [3.8, 4) is 11.5 Å².